The molecule has 0 saturated heterocycles. The Morgan fingerprint density at radius 1 is 1.11 bits per heavy atom. The van der Waals surface area contributed by atoms with Crippen LogP contribution in [0.1, 0.15) is 23.2 Å². The van der Waals surface area contributed by atoms with Crippen LogP contribution < -0.4 is 11.4 Å². The molecule has 0 spiro atoms. The Bertz CT molecular complexity index is 1090. The molecule has 4 N–H and O–H groups in total. The van der Waals surface area contributed by atoms with Gasteiger partial charge < -0.3 is 10.8 Å². The summed E-state index contributed by atoms with van der Waals surface area (Å²) < 4.78 is 3.22. The number of benzene rings is 2. The number of hydrogen-bond acceptors (Lipinski definition) is 3. The molecule has 0 aliphatic heterocycles. The van der Waals surface area contributed by atoms with Crippen LogP contribution in [0.25, 0.3) is 16.9 Å². The summed E-state index contributed by atoms with van der Waals surface area (Å²) in [6, 6.07) is 14.6. The van der Waals surface area contributed by atoms with Gasteiger partial charge in [-0.05, 0) is 43.2 Å². The minimum absolute atomic E-state index is 0.0210. The third-order valence-electron chi connectivity index (χ3n) is 4.78. The molecule has 0 aliphatic rings. The first-order chi connectivity index (χ1) is 13.3. The first kappa shape index (κ1) is 19.2. The number of carbonyl (C=O) groups is 1. The molecule has 0 aliphatic carbocycles. The zero-order chi connectivity index (χ0) is 20.4. The van der Waals surface area contributed by atoms with Gasteiger partial charge in [-0.2, -0.15) is 0 Å². The molecule has 1 heterocycles. The number of aryl methyl sites for hydroxylation is 1. The van der Waals surface area contributed by atoms with E-state index in [9.17, 15) is 9.59 Å². The first-order valence-electron chi connectivity index (χ1n) is 8.84. The number of nitrogens with two attached hydrogens (primary N) is 1. The summed E-state index contributed by atoms with van der Waals surface area (Å²) in [5.74, 6) is -0.845. The number of nitrogen functional groups attached to an aromatic ring is 1. The van der Waals surface area contributed by atoms with Crippen LogP contribution in [0.15, 0.2) is 53.3 Å². The van der Waals surface area contributed by atoms with E-state index < -0.39 is 5.97 Å². The van der Waals surface area contributed by atoms with Crippen LogP contribution >= 0.6 is 0 Å². The monoisotopic (exact) mass is 378 g/mol. The van der Waals surface area contributed by atoms with Gasteiger partial charge in [0.05, 0.1) is 11.4 Å². The highest BCUT2D eigenvalue weighted by molar-refractivity contribution is 5.95. The molecule has 0 radical (unpaired) electrons. The van der Waals surface area contributed by atoms with E-state index in [-0.39, 0.29) is 17.9 Å². The molecule has 144 valence electrons. The van der Waals surface area contributed by atoms with Crippen molar-refractivity contribution in [1.82, 2.24) is 9.13 Å². The highest BCUT2D eigenvalue weighted by atomic mass is 16.4. The maximum atomic E-state index is 12.8. The number of imidazole rings is 1. The van der Waals surface area contributed by atoms with Crippen molar-refractivity contribution in [3.05, 3.63) is 75.8 Å². The van der Waals surface area contributed by atoms with Gasteiger partial charge in [0.2, 0.25) is 0 Å². The Balaban J connectivity index is 2.00. The molecule has 3 rings (SSSR count). The van der Waals surface area contributed by atoms with Crippen LogP contribution in [0.2, 0.25) is 0 Å². The number of rotatable bonds is 6. The summed E-state index contributed by atoms with van der Waals surface area (Å²) in [5, 5.41) is 16.3. The van der Waals surface area contributed by atoms with Gasteiger partial charge in [0.15, 0.2) is 0 Å². The van der Waals surface area contributed by atoms with E-state index in [0.717, 1.165) is 22.5 Å². The predicted octanol–water partition coefficient (Wildman–Crippen LogP) is 2.45. The summed E-state index contributed by atoms with van der Waals surface area (Å²) >= 11 is 0. The first-order valence-corrected chi connectivity index (χ1v) is 8.84. The van der Waals surface area contributed by atoms with Crippen molar-refractivity contribution in [2.24, 2.45) is 12.8 Å². The summed E-state index contributed by atoms with van der Waals surface area (Å²) in [6.45, 7) is 1.88. The molecule has 0 fully saturated rings. The van der Waals surface area contributed by atoms with Gasteiger partial charge in [-0.3, -0.25) is 19.3 Å². The zero-order valence-electron chi connectivity index (χ0n) is 15.8. The van der Waals surface area contributed by atoms with Gasteiger partial charge in [0.25, 0.3) is 0 Å². The fraction of sp³-hybridized carbons (Fsp3) is 0.190. The average Bonchev–Trinajstić information content (AvgIpc) is 2.89. The van der Waals surface area contributed by atoms with E-state index in [1.807, 2.05) is 31.2 Å². The predicted molar refractivity (Wildman–Crippen MR) is 108 cm³/mol. The fourth-order valence-electron chi connectivity index (χ4n) is 3.31. The van der Waals surface area contributed by atoms with Gasteiger partial charge in [0, 0.05) is 30.3 Å². The molecule has 2 aromatic carbocycles. The van der Waals surface area contributed by atoms with Crippen molar-refractivity contribution in [2.75, 3.05) is 0 Å². The Hall–Kier alpha value is -3.61. The van der Waals surface area contributed by atoms with E-state index >= 15 is 0 Å². The Morgan fingerprint density at radius 3 is 2.25 bits per heavy atom. The third kappa shape index (κ3) is 3.59. The van der Waals surface area contributed by atoms with E-state index in [2.05, 4.69) is 0 Å². The maximum Gasteiger partial charge on any atom is 0.333 e. The standard InChI is InChI=1S/C21H22N4O3/c1-13-19(15-6-3-14(4-7-15)5-12-18(26)27)24(2)21(28)25(13)17-10-8-16(9-11-17)20(22)23/h3-4,6-11H,5,12H2,1-2H3,(H3,22,23)(H,26,27). The number of hydrogen-bond donors (Lipinski definition) is 3. The Labute approximate surface area is 162 Å². The van der Waals surface area contributed by atoms with E-state index in [1.165, 1.54) is 0 Å². The van der Waals surface area contributed by atoms with Crippen LogP contribution in [0.5, 0.6) is 0 Å². The Kier molecular flexibility index (Phi) is 5.17. The van der Waals surface area contributed by atoms with Crippen LogP contribution in [0.4, 0.5) is 0 Å². The summed E-state index contributed by atoms with van der Waals surface area (Å²) in [6.07, 6.45) is 0.556. The smallest absolute Gasteiger partial charge is 0.333 e. The maximum absolute atomic E-state index is 12.8. The number of nitrogens with one attached hydrogen (secondary N) is 1. The molecule has 28 heavy (non-hydrogen) atoms. The number of aliphatic carboxylic acids is 1. The second kappa shape index (κ2) is 7.56. The lowest BCUT2D eigenvalue weighted by Crippen LogP contribution is -2.21. The third-order valence-corrected chi connectivity index (χ3v) is 4.78. The summed E-state index contributed by atoms with van der Waals surface area (Å²) in [7, 11) is 1.73. The molecular weight excluding hydrogens is 356 g/mol. The lowest BCUT2D eigenvalue weighted by atomic mass is 10.0. The van der Waals surface area contributed by atoms with Gasteiger partial charge in [0.1, 0.15) is 5.84 Å². The second-order valence-electron chi connectivity index (χ2n) is 6.66. The molecule has 7 nitrogen and oxygen atoms in total. The lowest BCUT2D eigenvalue weighted by Gasteiger charge is -2.08. The highest BCUT2D eigenvalue weighted by Gasteiger charge is 2.17. The molecule has 7 heteroatoms. The molecule has 0 unspecified atom stereocenters. The number of aromatic nitrogens is 2. The molecule has 0 saturated carbocycles. The molecule has 0 bridgehead atoms. The number of amidine groups is 1. The average molecular weight is 378 g/mol. The topological polar surface area (TPSA) is 114 Å². The number of carboxylic acids is 1. The van der Waals surface area contributed by atoms with Gasteiger partial charge in [-0.15, -0.1) is 0 Å². The van der Waals surface area contributed by atoms with Gasteiger partial charge in [-0.25, -0.2) is 4.79 Å². The molecule has 0 amide bonds. The Morgan fingerprint density at radius 2 is 1.71 bits per heavy atom. The summed E-state index contributed by atoms with van der Waals surface area (Å²) in [5.41, 5.74) is 10.0. The minimum Gasteiger partial charge on any atom is -0.481 e. The number of carboxylic acid groups (broad SMARTS) is 1. The minimum atomic E-state index is -0.824. The highest BCUT2D eigenvalue weighted by Crippen LogP contribution is 2.25. The van der Waals surface area contributed by atoms with Crippen LogP contribution in [-0.4, -0.2) is 26.0 Å². The zero-order valence-corrected chi connectivity index (χ0v) is 15.8. The largest absolute Gasteiger partial charge is 0.481 e. The van der Waals surface area contributed by atoms with Crippen LogP contribution in [-0.2, 0) is 18.3 Å². The van der Waals surface area contributed by atoms with E-state index in [1.54, 1.807) is 40.4 Å². The van der Waals surface area contributed by atoms with Crippen LogP contribution in [0.3, 0.4) is 0 Å². The molecule has 0 atom stereocenters. The molecule has 1 aromatic heterocycles. The van der Waals surface area contributed by atoms with E-state index in [0.29, 0.717) is 17.7 Å². The van der Waals surface area contributed by atoms with Crippen molar-refractivity contribution in [1.29, 1.82) is 5.41 Å². The lowest BCUT2D eigenvalue weighted by molar-refractivity contribution is -0.136. The fourth-order valence-corrected chi connectivity index (χ4v) is 3.31. The van der Waals surface area contributed by atoms with Crippen molar-refractivity contribution in [3.63, 3.8) is 0 Å². The van der Waals surface area contributed by atoms with Crippen molar-refractivity contribution >= 4 is 11.8 Å². The number of nitrogens with zero attached hydrogens (tertiary/aromatic N) is 2. The van der Waals surface area contributed by atoms with Crippen LogP contribution in [0, 0.1) is 12.3 Å². The SMILES string of the molecule is Cc1c(-c2ccc(CCC(=O)O)cc2)n(C)c(=O)n1-c1ccc(C(=N)N)cc1. The van der Waals surface area contributed by atoms with Crippen molar-refractivity contribution < 1.29 is 9.90 Å². The van der Waals surface area contributed by atoms with Crippen molar-refractivity contribution in [2.45, 2.75) is 19.8 Å². The van der Waals surface area contributed by atoms with Gasteiger partial charge >= 0.3 is 11.7 Å². The summed E-state index contributed by atoms with van der Waals surface area (Å²) in [4.78, 5) is 23.6. The molecule has 3 aromatic rings. The van der Waals surface area contributed by atoms with Crippen molar-refractivity contribution in [3.8, 4) is 16.9 Å². The molecular formula is C21H22N4O3. The quantitative estimate of drug-likeness (QED) is 0.451. The van der Waals surface area contributed by atoms with E-state index in [4.69, 9.17) is 16.2 Å². The second-order valence-corrected chi connectivity index (χ2v) is 6.66. The van der Waals surface area contributed by atoms with Gasteiger partial charge in [-0.1, -0.05) is 24.3 Å². The normalized spacial score (nSPS) is 10.8.